The molecule has 6 heteroatoms. The smallest absolute Gasteiger partial charge is 0.297 e. The molecule has 0 spiro atoms. The number of aromatic nitrogens is 2. The van der Waals surface area contributed by atoms with E-state index < -0.39 is 12.1 Å². The Morgan fingerprint density at radius 3 is 2.55 bits per heavy atom. The molecule has 5 rings (SSSR count). The summed E-state index contributed by atoms with van der Waals surface area (Å²) in [6.07, 6.45) is 7.19. The maximum Gasteiger partial charge on any atom is 0.391 e. The Hall–Kier alpha value is -1.33. The van der Waals surface area contributed by atoms with Crippen molar-refractivity contribution < 1.29 is 18.0 Å². The van der Waals surface area contributed by atoms with Crippen molar-refractivity contribution in [2.45, 2.75) is 83.9 Å². The van der Waals surface area contributed by atoms with Gasteiger partial charge in [0.15, 0.2) is 5.78 Å². The van der Waals surface area contributed by atoms with Gasteiger partial charge in [0.05, 0.1) is 5.92 Å². The Kier molecular flexibility index (Phi) is 5.29. The van der Waals surface area contributed by atoms with Gasteiger partial charge in [-0.25, -0.2) is 0 Å². The standard InChI is InChI=1S/C25H35F3N2O/c1-15(30-13-3-12-29-30)23(31)22-9-8-21-20-6-4-16-14-17(25(26,27)28)5-7-18(16)19(20)10-11-24(21,22)2/h3,12-13,15-22H,4-11,14H2,1-2H3/t15-,16-,17+,18+,19?,20-,21?,22-,24+/m1/s1. The third-order valence-corrected chi connectivity index (χ3v) is 10.1. The molecule has 1 heterocycles. The summed E-state index contributed by atoms with van der Waals surface area (Å²) in [4.78, 5) is 13.5. The first kappa shape index (κ1) is 21.5. The molecule has 31 heavy (non-hydrogen) atoms. The first-order valence-corrected chi connectivity index (χ1v) is 12.3. The molecule has 4 aliphatic carbocycles. The fourth-order valence-electron chi connectivity index (χ4n) is 8.55. The first-order chi connectivity index (χ1) is 14.7. The maximum atomic E-state index is 13.5. The van der Waals surface area contributed by atoms with Crippen molar-refractivity contribution in [2.24, 2.45) is 46.8 Å². The highest BCUT2D eigenvalue weighted by atomic mass is 19.4. The van der Waals surface area contributed by atoms with Gasteiger partial charge in [0.25, 0.3) is 0 Å². The summed E-state index contributed by atoms with van der Waals surface area (Å²) in [7, 11) is 0. The zero-order valence-corrected chi connectivity index (χ0v) is 18.7. The van der Waals surface area contributed by atoms with Gasteiger partial charge in [-0.05, 0) is 106 Å². The first-order valence-electron chi connectivity index (χ1n) is 12.3. The molecular weight excluding hydrogens is 401 g/mol. The minimum absolute atomic E-state index is 0.0374. The van der Waals surface area contributed by atoms with Crippen molar-refractivity contribution in [1.82, 2.24) is 9.78 Å². The van der Waals surface area contributed by atoms with Crippen molar-refractivity contribution in [3.8, 4) is 0 Å². The number of Topliss-reactive ketones (excluding diaryl/α,β-unsaturated/α-hetero) is 1. The van der Waals surface area contributed by atoms with Crippen LogP contribution in [0.25, 0.3) is 0 Å². The zero-order chi connectivity index (χ0) is 22.0. The number of nitrogens with zero attached hydrogens (tertiary/aromatic N) is 2. The van der Waals surface area contributed by atoms with E-state index in [2.05, 4.69) is 12.0 Å². The van der Waals surface area contributed by atoms with E-state index in [0.29, 0.717) is 42.3 Å². The van der Waals surface area contributed by atoms with Gasteiger partial charge in [0.1, 0.15) is 6.04 Å². The van der Waals surface area contributed by atoms with Crippen LogP contribution in [0.2, 0.25) is 0 Å². The SMILES string of the molecule is C[C@H](C(=O)[C@H]1CCC2[C@@H]3CC[C@@H]4C[C@@H](C(F)(F)F)CC[C@@H]4C3CC[C@@]21C)n1cccn1. The second-order valence-electron chi connectivity index (χ2n) is 11.2. The largest absolute Gasteiger partial charge is 0.391 e. The average molecular weight is 437 g/mol. The molecule has 4 saturated carbocycles. The molecular formula is C25H35F3N2O. The Morgan fingerprint density at radius 2 is 1.84 bits per heavy atom. The van der Waals surface area contributed by atoms with Crippen LogP contribution < -0.4 is 0 Å². The molecule has 3 nitrogen and oxygen atoms in total. The van der Waals surface area contributed by atoms with E-state index in [9.17, 15) is 18.0 Å². The van der Waals surface area contributed by atoms with Crippen LogP contribution in [0, 0.1) is 46.8 Å². The van der Waals surface area contributed by atoms with Gasteiger partial charge in [-0.2, -0.15) is 18.3 Å². The van der Waals surface area contributed by atoms with Crippen LogP contribution in [0.1, 0.15) is 77.7 Å². The van der Waals surface area contributed by atoms with Gasteiger partial charge in [-0.1, -0.05) is 6.92 Å². The number of hydrogen-bond acceptors (Lipinski definition) is 2. The molecule has 0 saturated heterocycles. The molecule has 2 unspecified atom stereocenters. The van der Waals surface area contributed by atoms with Crippen LogP contribution in [0.3, 0.4) is 0 Å². The number of rotatable bonds is 3. The number of carbonyl (C=O) groups excluding carboxylic acids is 1. The predicted molar refractivity (Wildman–Crippen MR) is 112 cm³/mol. The molecule has 1 aromatic rings. The molecule has 0 N–H and O–H groups in total. The van der Waals surface area contributed by atoms with Gasteiger partial charge < -0.3 is 0 Å². The lowest BCUT2D eigenvalue weighted by molar-refractivity contribution is -0.196. The monoisotopic (exact) mass is 436 g/mol. The molecule has 9 atom stereocenters. The van der Waals surface area contributed by atoms with E-state index in [1.165, 1.54) is 0 Å². The molecule has 4 aliphatic rings. The number of hydrogen-bond donors (Lipinski definition) is 0. The van der Waals surface area contributed by atoms with Crippen molar-refractivity contribution in [1.29, 1.82) is 0 Å². The van der Waals surface area contributed by atoms with Crippen molar-refractivity contribution in [3.63, 3.8) is 0 Å². The fraction of sp³-hybridized carbons (Fsp3) is 0.840. The lowest BCUT2D eigenvalue weighted by atomic mass is 9.49. The molecule has 4 fully saturated rings. The lowest BCUT2D eigenvalue weighted by Gasteiger charge is -2.56. The van der Waals surface area contributed by atoms with Gasteiger partial charge in [0.2, 0.25) is 0 Å². The number of fused-ring (bicyclic) bond motifs is 5. The Labute approximate surface area is 183 Å². The summed E-state index contributed by atoms with van der Waals surface area (Å²) in [6.45, 7) is 4.30. The number of halogens is 3. The zero-order valence-electron chi connectivity index (χ0n) is 18.7. The third-order valence-electron chi connectivity index (χ3n) is 10.1. The highest BCUT2D eigenvalue weighted by Crippen LogP contribution is 2.65. The third kappa shape index (κ3) is 3.47. The van der Waals surface area contributed by atoms with Crippen LogP contribution in [-0.4, -0.2) is 21.7 Å². The molecule has 172 valence electrons. The molecule has 0 aromatic carbocycles. The van der Waals surface area contributed by atoms with E-state index in [4.69, 9.17) is 0 Å². The van der Waals surface area contributed by atoms with E-state index in [1.807, 2.05) is 19.2 Å². The summed E-state index contributed by atoms with van der Waals surface area (Å²) < 4.78 is 41.7. The highest BCUT2D eigenvalue weighted by Gasteiger charge is 2.59. The molecule has 1 aromatic heterocycles. The Balaban J connectivity index is 1.31. The van der Waals surface area contributed by atoms with Crippen LogP contribution in [-0.2, 0) is 4.79 Å². The summed E-state index contributed by atoms with van der Waals surface area (Å²) in [5.74, 6) is 1.75. The number of ketones is 1. The van der Waals surface area contributed by atoms with Crippen LogP contribution in [0.15, 0.2) is 18.5 Å². The second-order valence-corrected chi connectivity index (χ2v) is 11.2. The molecule has 0 bridgehead atoms. The molecule has 0 aliphatic heterocycles. The van der Waals surface area contributed by atoms with E-state index in [1.54, 1.807) is 10.9 Å². The molecule has 0 radical (unpaired) electrons. The Bertz CT molecular complexity index is 806. The van der Waals surface area contributed by atoms with Gasteiger partial charge >= 0.3 is 6.18 Å². The summed E-state index contributed by atoms with van der Waals surface area (Å²) >= 11 is 0. The summed E-state index contributed by atoms with van der Waals surface area (Å²) in [6, 6.07) is 1.63. The van der Waals surface area contributed by atoms with E-state index in [0.717, 1.165) is 44.9 Å². The van der Waals surface area contributed by atoms with Crippen LogP contribution >= 0.6 is 0 Å². The van der Waals surface area contributed by atoms with Crippen molar-refractivity contribution in [2.75, 3.05) is 0 Å². The molecule has 0 amide bonds. The summed E-state index contributed by atoms with van der Waals surface area (Å²) in [5, 5.41) is 4.29. The van der Waals surface area contributed by atoms with E-state index >= 15 is 0 Å². The van der Waals surface area contributed by atoms with Crippen LogP contribution in [0.4, 0.5) is 13.2 Å². The topological polar surface area (TPSA) is 34.9 Å². The number of carbonyl (C=O) groups is 1. The number of alkyl halides is 3. The second kappa shape index (κ2) is 7.62. The average Bonchev–Trinajstić information content (AvgIpc) is 3.39. The van der Waals surface area contributed by atoms with E-state index in [-0.39, 0.29) is 23.3 Å². The predicted octanol–water partition coefficient (Wildman–Crippen LogP) is 6.46. The fourth-order valence-corrected chi connectivity index (χ4v) is 8.55. The quantitative estimate of drug-likeness (QED) is 0.545. The van der Waals surface area contributed by atoms with Crippen molar-refractivity contribution >= 4 is 5.78 Å². The van der Waals surface area contributed by atoms with Gasteiger partial charge in [0, 0.05) is 18.3 Å². The normalized spacial score (nSPS) is 43.6. The summed E-state index contributed by atoms with van der Waals surface area (Å²) in [5.41, 5.74) is 0.0374. The van der Waals surface area contributed by atoms with Crippen molar-refractivity contribution in [3.05, 3.63) is 18.5 Å². The minimum atomic E-state index is -4.03. The Morgan fingerprint density at radius 1 is 1.06 bits per heavy atom. The van der Waals surface area contributed by atoms with Gasteiger partial charge in [-0.3, -0.25) is 9.48 Å². The highest BCUT2D eigenvalue weighted by molar-refractivity contribution is 5.85. The van der Waals surface area contributed by atoms with Gasteiger partial charge in [-0.15, -0.1) is 0 Å². The minimum Gasteiger partial charge on any atom is -0.297 e. The van der Waals surface area contributed by atoms with Crippen LogP contribution in [0.5, 0.6) is 0 Å². The maximum absolute atomic E-state index is 13.5. The lowest BCUT2D eigenvalue weighted by Crippen LogP contribution is -2.50.